The first-order chi connectivity index (χ1) is 25.1. The minimum absolute atomic E-state index is 0.0102. The number of halogens is 1. The zero-order chi connectivity index (χ0) is 40.0. The van der Waals surface area contributed by atoms with Gasteiger partial charge in [-0.1, -0.05) is 46.6 Å². The lowest BCUT2D eigenvalue weighted by Crippen LogP contribution is -2.50. The molecular weight excluding hydrogens is 718 g/mol. The van der Waals surface area contributed by atoms with Crippen molar-refractivity contribution in [3.05, 3.63) is 41.2 Å². The summed E-state index contributed by atoms with van der Waals surface area (Å²) in [6.45, 7) is 19.1. The van der Waals surface area contributed by atoms with Gasteiger partial charge in [-0.05, 0) is 49.2 Å². The second-order valence-corrected chi connectivity index (χ2v) is 21.0. The van der Waals surface area contributed by atoms with Gasteiger partial charge in [0.2, 0.25) is 0 Å². The molecule has 14 nitrogen and oxygen atoms in total. The Morgan fingerprint density at radius 3 is 2.48 bits per heavy atom. The standard InChI is InChI=1S/C38H48FN5O9Si/c1-12-38(19-49-54(10,11)36(5,6)7)26(52-29(47)18-37(8,9)30-22(3)15-21(2)16-25(30)50-23(4)45)17-27(53-38)44-20-40-31-32(42-35(39)43-33(31)44)41-34(48)24-13-14-28(46)51-24/h1,15-16,20,24,26-27H,13-14,17-19H2,2-11H3,(H,41,42,43,48)/t24-,26+,27-,38-/m1/s1. The summed E-state index contributed by atoms with van der Waals surface area (Å²) in [5.74, 6) is 0.594. The fourth-order valence-corrected chi connectivity index (χ4v) is 7.64. The van der Waals surface area contributed by atoms with E-state index in [0.717, 1.165) is 11.1 Å². The molecule has 2 aromatic heterocycles. The van der Waals surface area contributed by atoms with Gasteiger partial charge in [-0.2, -0.15) is 14.4 Å². The van der Waals surface area contributed by atoms with Crippen LogP contribution in [0.25, 0.3) is 11.2 Å². The van der Waals surface area contributed by atoms with E-state index in [1.807, 2.05) is 33.8 Å². The van der Waals surface area contributed by atoms with Gasteiger partial charge in [0.25, 0.3) is 5.91 Å². The molecule has 290 valence electrons. The number of carbonyl (C=O) groups is 4. The van der Waals surface area contributed by atoms with Gasteiger partial charge in [0.05, 0.1) is 19.4 Å². The van der Waals surface area contributed by atoms with Crippen molar-refractivity contribution >= 4 is 49.1 Å². The van der Waals surface area contributed by atoms with E-state index in [1.165, 1.54) is 17.8 Å². The number of aromatic nitrogens is 4. The number of amides is 1. The van der Waals surface area contributed by atoms with Gasteiger partial charge in [0, 0.05) is 37.2 Å². The summed E-state index contributed by atoms with van der Waals surface area (Å²) in [6, 6.07) is 3.71. The van der Waals surface area contributed by atoms with Gasteiger partial charge in [0.1, 0.15) is 18.1 Å². The quantitative estimate of drug-likeness (QED) is 0.0827. The second-order valence-electron chi connectivity index (χ2n) is 16.2. The zero-order valence-corrected chi connectivity index (χ0v) is 33.4. The number of cyclic esters (lactones) is 1. The summed E-state index contributed by atoms with van der Waals surface area (Å²) in [7, 11) is -2.42. The van der Waals surface area contributed by atoms with Crippen molar-refractivity contribution in [2.24, 2.45) is 0 Å². The van der Waals surface area contributed by atoms with Gasteiger partial charge in [-0.25, -0.2) is 4.98 Å². The summed E-state index contributed by atoms with van der Waals surface area (Å²) in [5, 5.41) is 2.31. The van der Waals surface area contributed by atoms with Crippen molar-refractivity contribution in [2.75, 3.05) is 11.9 Å². The van der Waals surface area contributed by atoms with E-state index in [0.29, 0.717) is 11.3 Å². The molecule has 2 saturated heterocycles. The molecule has 3 aromatic rings. The SMILES string of the molecule is C#C[C@]1(CO[Si](C)(C)C(C)(C)C)O[C@@H](n2cnc3c(NC(=O)[C@H]4CCC(=O)O4)nc(F)nc32)C[C@@H]1OC(=O)CC(C)(C)c1c(C)cc(C)cc1OC(C)=O. The summed E-state index contributed by atoms with van der Waals surface area (Å²) in [6.07, 6.45) is 3.51. The van der Waals surface area contributed by atoms with Crippen LogP contribution >= 0.6 is 0 Å². The number of hydrogen-bond donors (Lipinski definition) is 1. The van der Waals surface area contributed by atoms with E-state index in [9.17, 15) is 23.6 Å². The summed E-state index contributed by atoms with van der Waals surface area (Å²) in [5.41, 5.74) is 0.0206. The highest BCUT2D eigenvalue weighted by Crippen LogP contribution is 2.44. The van der Waals surface area contributed by atoms with Crippen LogP contribution in [-0.4, -0.2) is 76.1 Å². The monoisotopic (exact) mass is 765 g/mol. The van der Waals surface area contributed by atoms with Crippen LogP contribution in [0, 0.1) is 32.3 Å². The van der Waals surface area contributed by atoms with Gasteiger partial charge < -0.3 is 28.7 Å². The van der Waals surface area contributed by atoms with Crippen molar-refractivity contribution in [3.8, 4) is 18.1 Å². The van der Waals surface area contributed by atoms with Crippen LogP contribution in [0.1, 0.15) is 90.1 Å². The van der Waals surface area contributed by atoms with E-state index in [2.05, 4.69) is 60.1 Å². The molecule has 5 rings (SSSR count). The first kappa shape index (κ1) is 40.5. The number of esters is 3. The summed E-state index contributed by atoms with van der Waals surface area (Å²) in [4.78, 5) is 62.4. The molecule has 1 aromatic carbocycles. The molecule has 4 atom stereocenters. The molecule has 0 radical (unpaired) electrons. The Morgan fingerprint density at radius 2 is 1.87 bits per heavy atom. The Labute approximate surface area is 315 Å². The molecular formula is C38H48FN5O9Si. The summed E-state index contributed by atoms with van der Waals surface area (Å²) < 4.78 is 46.3. The number of ether oxygens (including phenoxy) is 4. The molecule has 2 fully saturated rings. The third kappa shape index (κ3) is 8.33. The van der Waals surface area contributed by atoms with Crippen molar-refractivity contribution in [1.82, 2.24) is 19.5 Å². The first-order valence-corrected chi connectivity index (χ1v) is 20.7. The third-order valence-corrected chi connectivity index (χ3v) is 14.8. The number of imidazole rings is 1. The largest absolute Gasteiger partial charge is 0.458 e. The lowest BCUT2D eigenvalue weighted by molar-refractivity contribution is -0.159. The Bertz CT molecular complexity index is 2040. The molecule has 0 bridgehead atoms. The molecule has 16 heteroatoms. The molecule has 2 aliphatic heterocycles. The minimum Gasteiger partial charge on any atom is -0.458 e. The van der Waals surface area contributed by atoms with Crippen LogP contribution in [0.15, 0.2) is 18.5 Å². The van der Waals surface area contributed by atoms with Crippen LogP contribution < -0.4 is 10.1 Å². The minimum atomic E-state index is -2.42. The number of hydrogen-bond acceptors (Lipinski definition) is 12. The molecule has 0 spiro atoms. The number of carbonyl (C=O) groups excluding carboxylic acids is 4. The molecule has 2 aliphatic rings. The maximum absolute atomic E-state index is 14.9. The number of rotatable bonds is 11. The zero-order valence-electron chi connectivity index (χ0n) is 32.4. The number of benzene rings is 1. The van der Waals surface area contributed by atoms with E-state index in [-0.39, 0.29) is 54.3 Å². The smallest absolute Gasteiger partial charge is 0.312 e. The Hall–Kier alpha value is -4.72. The van der Waals surface area contributed by atoms with Crippen LogP contribution in [0.5, 0.6) is 5.75 Å². The number of nitrogens with one attached hydrogen (secondary N) is 1. The first-order valence-electron chi connectivity index (χ1n) is 17.8. The Morgan fingerprint density at radius 1 is 1.17 bits per heavy atom. The number of anilines is 1. The topological polar surface area (TPSA) is 170 Å². The molecule has 0 saturated carbocycles. The maximum Gasteiger partial charge on any atom is 0.312 e. The van der Waals surface area contributed by atoms with Crippen LogP contribution in [0.3, 0.4) is 0 Å². The molecule has 1 amide bonds. The predicted molar refractivity (Wildman–Crippen MR) is 197 cm³/mol. The van der Waals surface area contributed by atoms with E-state index >= 15 is 0 Å². The lowest BCUT2D eigenvalue weighted by Gasteiger charge is -2.39. The highest BCUT2D eigenvalue weighted by atomic mass is 28.4. The van der Waals surface area contributed by atoms with Crippen molar-refractivity contribution in [2.45, 2.75) is 129 Å². The van der Waals surface area contributed by atoms with Crippen molar-refractivity contribution in [1.29, 1.82) is 0 Å². The van der Waals surface area contributed by atoms with Crippen LogP contribution in [0.4, 0.5) is 10.2 Å². The van der Waals surface area contributed by atoms with E-state index < -0.39 is 67.7 Å². The van der Waals surface area contributed by atoms with Gasteiger partial charge in [0.15, 0.2) is 37.0 Å². The predicted octanol–water partition coefficient (Wildman–Crippen LogP) is 5.74. The number of aryl methyl sites for hydroxylation is 2. The fourth-order valence-electron chi connectivity index (χ4n) is 6.63. The molecule has 4 heterocycles. The van der Waals surface area contributed by atoms with Gasteiger partial charge in [-0.3, -0.25) is 23.7 Å². The number of terminal acetylenes is 1. The fraction of sp³-hybridized carbons (Fsp3) is 0.553. The highest BCUT2D eigenvalue weighted by molar-refractivity contribution is 6.74. The Balaban J connectivity index is 1.47. The second kappa shape index (κ2) is 14.8. The summed E-state index contributed by atoms with van der Waals surface area (Å²) >= 11 is 0. The number of fused-ring (bicyclic) bond motifs is 1. The normalized spacial score (nSPS) is 21.8. The van der Waals surface area contributed by atoms with Gasteiger partial charge in [-0.15, -0.1) is 6.42 Å². The third-order valence-electron chi connectivity index (χ3n) is 10.3. The average molecular weight is 766 g/mol. The van der Waals surface area contributed by atoms with Crippen molar-refractivity contribution in [3.63, 3.8) is 0 Å². The van der Waals surface area contributed by atoms with Crippen LogP contribution in [-0.2, 0) is 43.2 Å². The van der Waals surface area contributed by atoms with E-state index in [4.69, 9.17) is 29.8 Å². The molecule has 1 N–H and O–H groups in total. The lowest BCUT2D eigenvalue weighted by atomic mass is 9.78. The molecule has 54 heavy (non-hydrogen) atoms. The Kier molecular flexibility index (Phi) is 11.1. The van der Waals surface area contributed by atoms with Gasteiger partial charge >= 0.3 is 24.0 Å². The van der Waals surface area contributed by atoms with Crippen molar-refractivity contribution < 1.29 is 46.9 Å². The number of nitrogens with zero attached hydrogens (tertiary/aromatic N) is 4. The highest BCUT2D eigenvalue weighted by Gasteiger charge is 2.53. The van der Waals surface area contributed by atoms with Crippen LogP contribution in [0.2, 0.25) is 18.1 Å². The molecule has 0 aliphatic carbocycles. The van der Waals surface area contributed by atoms with E-state index in [1.54, 1.807) is 6.07 Å². The maximum atomic E-state index is 14.9. The average Bonchev–Trinajstić information content (AvgIpc) is 3.75. The molecule has 0 unspecified atom stereocenters.